The molecule has 5 heteroatoms. The zero-order valence-corrected chi connectivity index (χ0v) is 12.3. The van der Waals surface area contributed by atoms with Crippen LogP contribution in [0.15, 0.2) is 58.5 Å². The molecule has 0 fully saturated rings. The minimum atomic E-state index is -0.0941. The molecule has 0 amide bonds. The first kappa shape index (κ1) is 14.0. The lowest BCUT2D eigenvalue weighted by molar-refractivity contribution is 0.319. The monoisotopic (exact) mass is 293 g/mol. The minimum absolute atomic E-state index is 0.0941. The number of aromatic nitrogens is 2. The zero-order valence-electron chi connectivity index (χ0n) is 12.3. The van der Waals surface area contributed by atoms with Crippen molar-refractivity contribution in [3.63, 3.8) is 0 Å². The summed E-state index contributed by atoms with van der Waals surface area (Å²) in [7, 11) is 0. The van der Waals surface area contributed by atoms with Gasteiger partial charge in [-0.3, -0.25) is 9.36 Å². The average Bonchev–Trinajstić information content (AvgIpc) is 2.55. The largest absolute Gasteiger partial charge is 0.411 e. The Hall–Kier alpha value is -2.95. The topological polar surface area (TPSA) is 67.5 Å². The van der Waals surface area contributed by atoms with Gasteiger partial charge in [-0.05, 0) is 43.7 Å². The van der Waals surface area contributed by atoms with Gasteiger partial charge in [-0.1, -0.05) is 29.4 Å². The van der Waals surface area contributed by atoms with E-state index in [4.69, 9.17) is 5.21 Å². The lowest BCUT2D eigenvalue weighted by Gasteiger charge is -2.11. The Morgan fingerprint density at radius 2 is 1.82 bits per heavy atom. The third kappa shape index (κ3) is 2.26. The molecule has 0 radical (unpaired) electrons. The van der Waals surface area contributed by atoms with Crippen molar-refractivity contribution in [2.24, 2.45) is 5.16 Å². The molecule has 22 heavy (non-hydrogen) atoms. The molecule has 5 nitrogen and oxygen atoms in total. The van der Waals surface area contributed by atoms with E-state index in [0.29, 0.717) is 22.4 Å². The maximum absolute atomic E-state index is 12.7. The summed E-state index contributed by atoms with van der Waals surface area (Å²) in [6, 6.07) is 14.6. The summed E-state index contributed by atoms with van der Waals surface area (Å²) in [5.74, 6) is 0.629. The average molecular weight is 293 g/mol. The molecule has 1 heterocycles. The highest BCUT2D eigenvalue weighted by Gasteiger charge is 2.09. The maximum Gasteiger partial charge on any atom is 0.265 e. The molecule has 0 bridgehead atoms. The summed E-state index contributed by atoms with van der Waals surface area (Å²) >= 11 is 0. The number of benzene rings is 2. The fraction of sp³-hybridized carbons (Fsp3) is 0.118. The van der Waals surface area contributed by atoms with E-state index in [1.165, 1.54) is 0 Å². The Morgan fingerprint density at radius 1 is 1.14 bits per heavy atom. The third-order valence-electron chi connectivity index (χ3n) is 3.64. The first-order chi connectivity index (χ1) is 10.6. The lowest BCUT2D eigenvalue weighted by Crippen LogP contribution is -2.22. The van der Waals surface area contributed by atoms with E-state index in [1.807, 2.05) is 49.4 Å². The highest BCUT2D eigenvalue weighted by Crippen LogP contribution is 2.13. The number of oxime groups is 1. The molecule has 0 aliphatic rings. The molecule has 0 saturated carbocycles. The summed E-state index contributed by atoms with van der Waals surface area (Å²) < 4.78 is 1.58. The van der Waals surface area contributed by atoms with Crippen molar-refractivity contribution in [2.75, 3.05) is 0 Å². The van der Waals surface area contributed by atoms with Crippen LogP contribution in [0.4, 0.5) is 0 Å². The molecule has 3 rings (SSSR count). The van der Waals surface area contributed by atoms with Gasteiger partial charge in [0.2, 0.25) is 0 Å². The van der Waals surface area contributed by atoms with Gasteiger partial charge in [-0.25, -0.2) is 4.98 Å². The summed E-state index contributed by atoms with van der Waals surface area (Å²) in [5.41, 5.74) is 2.65. The normalized spacial score (nSPS) is 11.8. The molecule has 0 aliphatic heterocycles. The van der Waals surface area contributed by atoms with Crippen LogP contribution in [0.3, 0.4) is 0 Å². The lowest BCUT2D eigenvalue weighted by atomic mass is 10.1. The molecular formula is C17H15N3O2. The number of fused-ring (bicyclic) bond motifs is 1. The quantitative estimate of drug-likeness (QED) is 0.449. The highest BCUT2D eigenvalue weighted by atomic mass is 16.4. The maximum atomic E-state index is 12.7. The van der Waals surface area contributed by atoms with Crippen molar-refractivity contribution >= 4 is 16.6 Å². The van der Waals surface area contributed by atoms with Crippen LogP contribution >= 0.6 is 0 Å². The molecule has 0 saturated heterocycles. The molecule has 0 atom stereocenters. The molecule has 3 aromatic rings. The Bertz CT molecular complexity index is 925. The molecule has 110 valence electrons. The van der Waals surface area contributed by atoms with Crippen molar-refractivity contribution in [2.45, 2.75) is 13.8 Å². The van der Waals surface area contributed by atoms with Gasteiger partial charge < -0.3 is 5.21 Å². The van der Waals surface area contributed by atoms with Crippen LogP contribution in [-0.4, -0.2) is 20.5 Å². The molecule has 0 unspecified atom stereocenters. The summed E-state index contributed by atoms with van der Waals surface area (Å²) in [4.78, 5) is 17.2. The zero-order chi connectivity index (χ0) is 15.7. The SMILES string of the molecule is CC(=NO)c1ccc(-n2c(C)nc3ccccc3c2=O)cc1. The summed E-state index contributed by atoms with van der Waals surface area (Å²) in [6.45, 7) is 3.52. The summed E-state index contributed by atoms with van der Waals surface area (Å²) in [5, 5.41) is 12.6. The van der Waals surface area contributed by atoms with Crippen LogP contribution in [0.25, 0.3) is 16.6 Å². The van der Waals surface area contributed by atoms with Crippen LogP contribution in [0.5, 0.6) is 0 Å². The number of para-hydroxylation sites is 1. The van der Waals surface area contributed by atoms with Crippen LogP contribution in [0.1, 0.15) is 18.3 Å². The van der Waals surface area contributed by atoms with E-state index < -0.39 is 0 Å². The van der Waals surface area contributed by atoms with Crippen LogP contribution < -0.4 is 5.56 Å². The fourth-order valence-corrected chi connectivity index (χ4v) is 2.46. The van der Waals surface area contributed by atoms with E-state index in [0.717, 1.165) is 11.3 Å². The van der Waals surface area contributed by atoms with Crippen LogP contribution in [0.2, 0.25) is 0 Å². The van der Waals surface area contributed by atoms with Crippen molar-refractivity contribution < 1.29 is 5.21 Å². The van der Waals surface area contributed by atoms with Gasteiger partial charge in [0.1, 0.15) is 5.82 Å². The predicted octanol–water partition coefficient (Wildman–Crippen LogP) is 2.89. The van der Waals surface area contributed by atoms with E-state index >= 15 is 0 Å². The third-order valence-corrected chi connectivity index (χ3v) is 3.64. The van der Waals surface area contributed by atoms with Crippen molar-refractivity contribution in [3.8, 4) is 5.69 Å². The van der Waals surface area contributed by atoms with Gasteiger partial charge in [0.25, 0.3) is 5.56 Å². The Balaban J connectivity index is 2.20. The number of hydrogen-bond donors (Lipinski definition) is 1. The van der Waals surface area contributed by atoms with Gasteiger partial charge in [-0.2, -0.15) is 0 Å². The predicted molar refractivity (Wildman–Crippen MR) is 86.1 cm³/mol. The number of rotatable bonds is 2. The fourth-order valence-electron chi connectivity index (χ4n) is 2.46. The molecule has 0 aliphatic carbocycles. The van der Waals surface area contributed by atoms with Crippen molar-refractivity contribution in [3.05, 3.63) is 70.3 Å². The molecular weight excluding hydrogens is 278 g/mol. The van der Waals surface area contributed by atoms with Crippen LogP contribution in [-0.2, 0) is 0 Å². The van der Waals surface area contributed by atoms with Crippen LogP contribution in [0, 0.1) is 6.92 Å². The van der Waals surface area contributed by atoms with E-state index in [2.05, 4.69) is 10.1 Å². The number of nitrogens with zero attached hydrogens (tertiary/aromatic N) is 3. The van der Waals surface area contributed by atoms with Gasteiger partial charge in [0.05, 0.1) is 22.3 Å². The number of hydrogen-bond acceptors (Lipinski definition) is 4. The standard InChI is InChI=1S/C17H15N3O2/c1-11(19-22)13-7-9-14(10-8-13)20-12(2)18-16-6-4-3-5-15(16)17(20)21/h3-10,22H,1-2H3. The molecule has 0 spiro atoms. The smallest absolute Gasteiger partial charge is 0.265 e. The van der Waals surface area contributed by atoms with Gasteiger partial charge in [0, 0.05) is 0 Å². The second-order valence-electron chi connectivity index (χ2n) is 5.05. The molecule has 2 aromatic carbocycles. The summed E-state index contributed by atoms with van der Waals surface area (Å²) in [6.07, 6.45) is 0. The first-order valence-electron chi connectivity index (χ1n) is 6.89. The van der Waals surface area contributed by atoms with Crippen molar-refractivity contribution in [1.82, 2.24) is 9.55 Å². The second-order valence-corrected chi connectivity index (χ2v) is 5.05. The van der Waals surface area contributed by atoms with Crippen molar-refractivity contribution in [1.29, 1.82) is 0 Å². The first-order valence-corrected chi connectivity index (χ1v) is 6.89. The minimum Gasteiger partial charge on any atom is -0.411 e. The Kier molecular flexibility index (Phi) is 3.47. The number of aryl methyl sites for hydroxylation is 1. The van der Waals surface area contributed by atoms with Gasteiger partial charge >= 0.3 is 0 Å². The van der Waals surface area contributed by atoms with E-state index in [1.54, 1.807) is 17.6 Å². The van der Waals surface area contributed by atoms with E-state index in [9.17, 15) is 4.79 Å². The Morgan fingerprint density at radius 3 is 2.50 bits per heavy atom. The van der Waals surface area contributed by atoms with Gasteiger partial charge in [-0.15, -0.1) is 0 Å². The molecule has 1 N–H and O–H groups in total. The van der Waals surface area contributed by atoms with Gasteiger partial charge in [0.15, 0.2) is 0 Å². The second kappa shape index (κ2) is 5.44. The van der Waals surface area contributed by atoms with E-state index in [-0.39, 0.29) is 5.56 Å². The Labute approximate surface area is 127 Å². The molecule has 1 aromatic heterocycles. The highest BCUT2D eigenvalue weighted by molar-refractivity contribution is 5.98.